The van der Waals surface area contributed by atoms with E-state index in [4.69, 9.17) is 4.74 Å². The molecule has 122 valence electrons. The highest BCUT2D eigenvalue weighted by Crippen LogP contribution is 2.24. The number of hydrogen-bond acceptors (Lipinski definition) is 3. The summed E-state index contributed by atoms with van der Waals surface area (Å²) in [5.41, 5.74) is 1.77. The molecule has 1 aromatic carbocycles. The quantitative estimate of drug-likeness (QED) is 0.783. The summed E-state index contributed by atoms with van der Waals surface area (Å²) in [6.45, 7) is 2.10. The van der Waals surface area contributed by atoms with Crippen molar-refractivity contribution in [2.24, 2.45) is 5.92 Å². The maximum absolute atomic E-state index is 12.2. The van der Waals surface area contributed by atoms with Gasteiger partial charge in [0.05, 0.1) is 6.10 Å². The van der Waals surface area contributed by atoms with E-state index >= 15 is 0 Å². The van der Waals surface area contributed by atoms with Gasteiger partial charge in [-0.15, -0.1) is 0 Å². The highest BCUT2D eigenvalue weighted by atomic mass is 16.5. The molecule has 3 atom stereocenters. The first kappa shape index (κ1) is 16.8. The lowest BCUT2D eigenvalue weighted by molar-refractivity contribution is 0.119. The van der Waals surface area contributed by atoms with Crippen LogP contribution in [0.1, 0.15) is 44.3 Å². The van der Waals surface area contributed by atoms with Crippen molar-refractivity contribution in [2.75, 3.05) is 19.0 Å². The molecule has 0 radical (unpaired) electrons. The van der Waals surface area contributed by atoms with Gasteiger partial charge < -0.3 is 20.5 Å². The number of carbonyl (C=O) groups excluding carboxylic acids is 1. The molecule has 1 fully saturated rings. The average Bonchev–Trinajstić information content (AvgIpc) is 2.54. The van der Waals surface area contributed by atoms with Gasteiger partial charge in [0.2, 0.25) is 0 Å². The molecule has 5 heteroatoms. The molecule has 1 aliphatic rings. The number of methoxy groups -OCH3 is 1. The topological polar surface area (TPSA) is 70.6 Å². The van der Waals surface area contributed by atoms with Gasteiger partial charge in [0, 0.05) is 31.4 Å². The predicted octanol–water partition coefficient (Wildman–Crippen LogP) is 3.07. The Morgan fingerprint density at radius 1 is 1.41 bits per heavy atom. The van der Waals surface area contributed by atoms with Gasteiger partial charge in [-0.05, 0) is 37.5 Å². The third-order valence-corrected chi connectivity index (χ3v) is 4.43. The number of hydrogen-bond donors (Lipinski definition) is 3. The number of benzene rings is 1. The van der Waals surface area contributed by atoms with Gasteiger partial charge in [-0.1, -0.05) is 25.0 Å². The molecule has 3 unspecified atom stereocenters. The van der Waals surface area contributed by atoms with Crippen LogP contribution in [0.25, 0.3) is 0 Å². The largest absolute Gasteiger partial charge is 0.396 e. The summed E-state index contributed by atoms with van der Waals surface area (Å²) in [6, 6.07) is 7.48. The molecule has 0 aromatic heterocycles. The second-order valence-electron chi connectivity index (χ2n) is 5.94. The Morgan fingerprint density at radius 3 is 2.91 bits per heavy atom. The van der Waals surface area contributed by atoms with Gasteiger partial charge in [0.15, 0.2) is 0 Å². The standard InChI is InChI=1S/C17H26N2O3/c1-12(22-2)13-7-5-8-15(10-13)18-17(21)19-16-9-4-3-6-14(16)11-20/h5,7-8,10,12,14,16,20H,3-4,6,9,11H2,1-2H3,(H2,18,19,21). The van der Waals surface area contributed by atoms with E-state index in [-0.39, 0.29) is 30.7 Å². The molecule has 0 heterocycles. The minimum absolute atomic E-state index is 0.0121. The van der Waals surface area contributed by atoms with Crippen LogP contribution in [-0.4, -0.2) is 30.9 Å². The SMILES string of the molecule is COC(C)c1cccc(NC(=O)NC2CCCCC2CO)c1. The van der Waals surface area contributed by atoms with Crippen LogP contribution in [0.4, 0.5) is 10.5 Å². The highest BCUT2D eigenvalue weighted by Gasteiger charge is 2.25. The van der Waals surface area contributed by atoms with Crippen molar-refractivity contribution in [3.8, 4) is 0 Å². The van der Waals surface area contributed by atoms with E-state index in [0.717, 1.165) is 36.9 Å². The number of carbonyl (C=O) groups is 1. The Balaban J connectivity index is 1.94. The molecule has 3 N–H and O–H groups in total. The lowest BCUT2D eigenvalue weighted by atomic mass is 9.85. The Morgan fingerprint density at radius 2 is 2.18 bits per heavy atom. The van der Waals surface area contributed by atoms with E-state index < -0.39 is 0 Å². The van der Waals surface area contributed by atoms with E-state index in [9.17, 15) is 9.90 Å². The van der Waals surface area contributed by atoms with Gasteiger partial charge in [0.1, 0.15) is 0 Å². The zero-order valence-corrected chi connectivity index (χ0v) is 13.3. The van der Waals surface area contributed by atoms with E-state index in [1.54, 1.807) is 7.11 Å². The molecule has 22 heavy (non-hydrogen) atoms. The Kier molecular flexibility index (Phi) is 6.21. The smallest absolute Gasteiger partial charge is 0.319 e. The van der Waals surface area contributed by atoms with E-state index in [0.29, 0.717) is 0 Å². The van der Waals surface area contributed by atoms with E-state index in [2.05, 4.69) is 10.6 Å². The number of nitrogens with one attached hydrogen (secondary N) is 2. The van der Waals surface area contributed by atoms with Gasteiger partial charge >= 0.3 is 6.03 Å². The Bertz CT molecular complexity index is 493. The molecule has 0 bridgehead atoms. The molecule has 2 rings (SSSR count). The van der Waals surface area contributed by atoms with Gasteiger partial charge in [-0.3, -0.25) is 0 Å². The second-order valence-corrected chi connectivity index (χ2v) is 5.94. The lowest BCUT2D eigenvalue weighted by Crippen LogP contribution is -2.45. The van der Waals surface area contributed by atoms with E-state index in [1.165, 1.54) is 0 Å². The first-order valence-electron chi connectivity index (χ1n) is 7.95. The predicted molar refractivity (Wildman–Crippen MR) is 86.9 cm³/mol. The molecular formula is C17H26N2O3. The van der Waals surface area contributed by atoms with Crippen LogP contribution in [0.2, 0.25) is 0 Å². The van der Waals surface area contributed by atoms with Gasteiger partial charge in [-0.25, -0.2) is 4.79 Å². The number of aliphatic hydroxyl groups excluding tert-OH is 1. The van der Waals surface area contributed by atoms with Crippen LogP contribution in [0.3, 0.4) is 0 Å². The fourth-order valence-corrected chi connectivity index (χ4v) is 2.96. The number of anilines is 1. The first-order chi connectivity index (χ1) is 10.6. The molecule has 0 saturated heterocycles. The average molecular weight is 306 g/mol. The lowest BCUT2D eigenvalue weighted by Gasteiger charge is -2.30. The van der Waals surface area contributed by atoms with Crippen molar-refractivity contribution in [1.29, 1.82) is 0 Å². The van der Waals surface area contributed by atoms with Crippen molar-refractivity contribution >= 4 is 11.7 Å². The fraction of sp³-hybridized carbons (Fsp3) is 0.588. The van der Waals surface area contributed by atoms with Gasteiger partial charge in [0.25, 0.3) is 0 Å². The van der Waals surface area contributed by atoms with Crippen LogP contribution in [0, 0.1) is 5.92 Å². The maximum Gasteiger partial charge on any atom is 0.319 e. The summed E-state index contributed by atoms with van der Waals surface area (Å²) in [5, 5.41) is 15.3. The second kappa shape index (κ2) is 8.15. The molecule has 1 aliphatic carbocycles. The number of ether oxygens (including phenoxy) is 1. The molecule has 5 nitrogen and oxygen atoms in total. The van der Waals surface area contributed by atoms with Crippen molar-refractivity contribution in [3.63, 3.8) is 0 Å². The third kappa shape index (κ3) is 4.45. The van der Waals surface area contributed by atoms with Crippen LogP contribution in [0.15, 0.2) is 24.3 Å². The summed E-state index contributed by atoms with van der Waals surface area (Å²) in [7, 11) is 1.66. The van der Waals surface area contributed by atoms with Crippen molar-refractivity contribution < 1.29 is 14.6 Å². The number of amides is 2. The number of rotatable bonds is 5. The molecule has 2 amide bonds. The zero-order valence-electron chi connectivity index (χ0n) is 13.3. The minimum Gasteiger partial charge on any atom is -0.396 e. The summed E-state index contributed by atoms with van der Waals surface area (Å²) >= 11 is 0. The molecule has 1 aromatic rings. The summed E-state index contributed by atoms with van der Waals surface area (Å²) in [4.78, 5) is 12.2. The summed E-state index contributed by atoms with van der Waals surface area (Å²) < 4.78 is 5.29. The molecule has 0 spiro atoms. The van der Waals surface area contributed by atoms with Crippen molar-refractivity contribution in [3.05, 3.63) is 29.8 Å². The molecule has 0 aliphatic heterocycles. The minimum atomic E-state index is -0.215. The van der Waals surface area contributed by atoms with Crippen LogP contribution in [0.5, 0.6) is 0 Å². The third-order valence-electron chi connectivity index (χ3n) is 4.43. The summed E-state index contributed by atoms with van der Waals surface area (Å²) in [5.74, 6) is 0.166. The van der Waals surface area contributed by atoms with Crippen molar-refractivity contribution in [2.45, 2.75) is 44.8 Å². The normalized spacial score (nSPS) is 22.9. The number of aliphatic hydroxyl groups is 1. The van der Waals surface area contributed by atoms with Crippen LogP contribution in [-0.2, 0) is 4.74 Å². The Labute approximate surface area is 132 Å². The fourth-order valence-electron chi connectivity index (χ4n) is 2.96. The first-order valence-corrected chi connectivity index (χ1v) is 7.95. The monoisotopic (exact) mass is 306 g/mol. The molecule has 1 saturated carbocycles. The summed E-state index contributed by atoms with van der Waals surface area (Å²) in [6.07, 6.45) is 4.12. The maximum atomic E-state index is 12.2. The van der Waals surface area contributed by atoms with Crippen molar-refractivity contribution in [1.82, 2.24) is 5.32 Å². The van der Waals surface area contributed by atoms with Crippen LogP contribution < -0.4 is 10.6 Å². The molecular weight excluding hydrogens is 280 g/mol. The Hall–Kier alpha value is -1.59. The number of urea groups is 1. The zero-order chi connectivity index (χ0) is 15.9. The van der Waals surface area contributed by atoms with Crippen LogP contribution >= 0.6 is 0 Å². The van der Waals surface area contributed by atoms with E-state index in [1.807, 2.05) is 31.2 Å². The highest BCUT2D eigenvalue weighted by molar-refractivity contribution is 5.89. The van der Waals surface area contributed by atoms with Gasteiger partial charge in [-0.2, -0.15) is 0 Å².